The van der Waals surface area contributed by atoms with Crippen LogP contribution < -0.4 is 11.1 Å². The van der Waals surface area contributed by atoms with Gasteiger partial charge in [0.15, 0.2) is 11.6 Å². The molecule has 92 valence electrons. The van der Waals surface area contributed by atoms with E-state index in [-0.39, 0.29) is 17.4 Å². The summed E-state index contributed by atoms with van der Waals surface area (Å²) in [6.45, 7) is 1.18. The molecule has 0 saturated carbocycles. The van der Waals surface area contributed by atoms with Gasteiger partial charge in [0, 0.05) is 12.8 Å². The van der Waals surface area contributed by atoms with Crippen LogP contribution in [-0.2, 0) is 4.74 Å². The van der Waals surface area contributed by atoms with Crippen molar-refractivity contribution in [1.29, 1.82) is 0 Å². The summed E-state index contributed by atoms with van der Waals surface area (Å²) in [6, 6.07) is 1.25. The summed E-state index contributed by atoms with van der Waals surface area (Å²) in [5, 5.41) is 2.72. The number of halogens is 1. The summed E-state index contributed by atoms with van der Waals surface area (Å²) >= 11 is 0. The van der Waals surface area contributed by atoms with Gasteiger partial charge in [0.05, 0.1) is 18.2 Å². The first-order chi connectivity index (χ1) is 8.18. The Morgan fingerprint density at radius 3 is 3.18 bits per heavy atom. The number of hydrogen-bond donors (Lipinski definition) is 2. The van der Waals surface area contributed by atoms with Crippen molar-refractivity contribution in [1.82, 2.24) is 10.3 Å². The van der Waals surface area contributed by atoms with Crippen molar-refractivity contribution >= 4 is 11.7 Å². The maximum atomic E-state index is 13.5. The predicted octanol–water partition coefficient (Wildman–Crippen LogP) is 0.712. The molecule has 6 heteroatoms. The topological polar surface area (TPSA) is 77.2 Å². The molecule has 1 aliphatic rings. The highest BCUT2D eigenvalue weighted by Gasteiger charge is 2.20. The Kier molecular flexibility index (Phi) is 3.53. The first-order valence-corrected chi connectivity index (χ1v) is 5.47. The molecule has 0 bridgehead atoms. The number of ether oxygens (including phenoxy) is 1. The smallest absolute Gasteiger partial charge is 0.254 e. The molecule has 1 aromatic rings. The Bertz CT molecular complexity index is 419. The first-order valence-electron chi connectivity index (χ1n) is 5.47. The Hall–Kier alpha value is -1.69. The summed E-state index contributed by atoms with van der Waals surface area (Å²) in [7, 11) is 0. The van der Waals surface area contributed by atoms with E-state index < -0.39 is 11.7 Å². The molecular weight excluding hydrogens is 225 g/mol. The number of anilines is 1. The van der Waals surface area contributed by atoms with Gasteiger partial charge in [-0.1, -0.05) is 0 Å². The van der Waals surface area contributed by atoms with Crippen LogP contribution in [0.25, 0.3) is 0 Å². The molecule has 0 radical (unpaired) electrons. The summed E-state index contributed by atoms with van der Waals surface area (Å²) in [5.41, 5.74) is 5.22. The third-order valence-electron chi connectivity index (χ3n) is 2.66. The zero-order valence-electron chi connectivity index (χ0n) is 9.28. The second-order valence-corrected chi connectivity index (χ2v) is 3.95. The maximum absolute atomic E-state index is 13.5. The van der Waals surface area contributed by atoms with E-state index in [1.54, 1.807) is 0 Å². The molecule has 1 unspecified atom stereocenters. The number of nitrogens with two attached hydrogens (primary N) is 1. The van der Waals surface area contributed by atoms with E-state index in [2.05, 4.69) is 10.3 Å². The van der Waals surface area contributed by atoms with Gasteiger partial charge in [-0.15, -0.1) is 0 Å². The summed E-state index contributed by atoms with van der Waals surface area (Å²) in [6.07, 6.45) is 3.05. The monoisotopic (exact) mass is 239 g/mol. The molecule has 17 heavy (non-hydrogen) atoms. The van der Waals surface area contributed by atoms with Crippen molar-refractivity contribution in [2.24, 2.45) is 0 Å². The van der Waals surface area contributed by atoms with E-state index in [0.717, 1.165) is 12.8 Å². The molecular formula is C11H14FN3O2. The molecule has 1 aromatic heterocycles. The van der Waals surface area contributed by atoms with Gasteiger partial charge in [0.2, 0.25) is 0 Å². The van der Waals surface area contributed by atoms with Gasteiger partial charge in [-0.3, -0.25) is 4.79 Å². The molecule has 2 rings (SSSR count). The Morgan fingerprint density at radius 1 is 1.65 bits per heavy atom. The van der Waals surface area contributed by atoms with Crippen LogP contribution in [0.2, 0.25) is 0 Å². The first kappa shape index (κ1) is 11.8. The second-order valence-electron chi connectivity index (χ2n) is 3.95. The van der Waals surface area contributed by atoms with Gasteiger partial charge >= 0.3 is 0 Å². The minimum Gasteiger partial charge on any atom is -0.381 e. The molecule has 1 fully saturated rings. The number of nitrogens with zero attached hydrogens (tertiary/aromatic N) is 1. The van der Waals surface area contributed by atoms with E-state index >= 15 is 0 Å². The quantitative estimate of drug-likeness (QED) is 0.796. The molecule has 1 saturated heterocycles. The van der Waals surface area contributed by atoms with E-state index in [0.29, 0.717) is 13.2 Å². The number of carbonyl (C=O) groups excluding carboxylic acids is 1. The van der Waals surface area contributed by atoms with Crippen LogP contribution in [0.3, 0.4) is 0 Å². The van der Waals surface area contributed by atoms with Crippen LogP contribution in [-0.4, -0.2) is 30.1 Å². The summed E-state index contributed by atoms with van der Waals surface area (Å²) in [5.74, 6) is -1.52. The lowest BCUT2D eigenvalue weighted by atomic mass is 10.1. The number of rotatable bonds is 2. The van der Waals surface area contributed by atoms with Crippen LogP contribution in [0.15, 0.2) is 12.3 Å². The SMILES string of the molecule is Nc1nccc(C(=O)NC2CCCOC2)c1F. The van der Waals surface area contributed by atoms with E-state index in [1.807, 2.05) is 0 Å². The number of nitrogens with one attached hydrogen (secondary N) is 1. The number of nitrogen functional groups attached to an aromatic ring is 1. The van der Waals surface area contributed by atoms with Crippen molar-refractivity contribution in [3.05, 3.63) is 23.6 Å². The van der Waals surface area contributed by atoms with Gasteiger partial charge in [-0.2, -0.15) is 0 Å². The third kappa shape index (κ3) is 2.71. The summed E-state index contributed by atoms with van der Waals surface area (Å²) < 4.78 is 18.8. The maximum Gasteiger partial charge on any atom is 0.254 e. The number of aromatic nitrogens is 1. The van der Waals surface area contributed by atoms with Crippen LogP contribution >= 0.6 is 0 Å². The average Bonchev–Trinajstić information content (AvgIpc) is 2.34. The van der Waals surface area contributed by atoms with E-state index in [1.165, 1.54) is 12.3 Å². The molecule has 0 aliphatic carbocycles. The fourth-order valence-electron chi connectivity index (χ4n) is 1.75. The Labute approximate surface area is 98.2 Å². The molecule has 0 aromatic carbocycles. The fraction of sp³-hybridized carbons (Fsp3) is 0.455. The van der Waals surface area contributed by atoms with Crippen molar-refractivity contribution in [3.63, 3.8) is 0 Å². The van der Waals surface area contributed by atoms with Crippen LogP contribution in [0, 0.1) is 5.82 Å². The largest absolute Gasteiger partial charge is 0.381 e. The van der Waals surface area contributed by atoms with E-state index in [9.17, 15) is 9.18 Å². The molecule has 1 amide bonds. The van der Waals surface area contributed by atoms with Gasteiger partial charge in [0.1, 0.15) is 0 Å². The van der Waals surface area contributed by atoms with Gasteiger partial charge in [-0.05, 0) is 18.9 Å². The number of carbonyl (C=O) groups is 1. The highest BCUT2D eigenvalue weighted by molar-refractivity contribution is 5.95. The van der Waals surface area contributed by atoms with Crippen molar-refractivity contribution in [2.45, 2.75) is 18.9 Å². The van der Waals surface area contributed by atoms with Crippen molar-refractivity contribution in [3.8, 4) is 0 Å². The fourth-order valence-corrected chi connectivity index (χ4v) is 1.75. The molecule has 5 nitrogen and oxygen atoms in total. The zero-order chi connectivity index (χ0) is 12.3. The highest BCUT2D eigenvalue weighted by Crippen LogP contribution is 2.13. The van der Waals surface area contributed by atoms with Crippen molar-refractivity contribution in [2.75, 3.05) is 18.9 Å². The van der Waals surface area contributed by atoms with E-state index in [4.69, 9.17) is 10.5 Å². The number of amides is 1. The molecule has 2 heterocycles. The lowest BCUT2D eigenvalue weighted by molar-refractivity contribution is 0.0622. The Balaban J connectivity index is 2.06. The second kappa shape index (κ2) is 5.09. The molecule has 1 atom stereocenters. The Morgan fingerprint density at radius 2 is 2.47 bits per heavy atom. The minimum atomic E-state index is -0.776. The lowest BCUT2D eigenvalue weighted by Gasteiger charge is -2.23. The number of hydrogen-bond acceptors (Lipinski definition) is 4. The van der Waals surface area contributed by atoms with Crippen LogP contribution in [0.4, 0.5) is 10.2 Å². The standard InChI is InChI=1S/C11H14FN3O2/c12-9-8(3-4-14-10(9)13)11(16)15-7-2-1-5-17-6-7/h3-4,7H,1-2,5-6H2,(H2,13,14)(H,15,16). The number of pyridine rings is 1. The van der Waals surface area contributed by atoms with Gasteiger partial charge in [-0.25, -0.2) is 9.37 Å². The van der Waals surface area contributed by atoms with Gasteiger partial charge < -0.3 is 15.8 Å². The molecule has 0 spiro atoms. The third-order valence-corrected chi connectivity index (χ3v) is 2.66. The predicted molar refractivity (Wildman–Crippen MR) is 59.9 cm³/mol. The zero-order valence-corrected chi connectivity index (χ0v) is 9.28. The molecule has 3 N–H and O–H groups in total. The van der Waals surface area contributed by atoms with Crippen LogP contribution in [0.1, 0.15) is 23.2 Å². The summed E-state index contributed by atoms with van der Waals surface area (Å²) in [4.78, 5) is 15.4. The van der Waals surface area contributed by atoms with Crippen LogP contribution in [0.5, 0.6) is 0 Å². The normalized spacial score (nSPS) is 19.9. The minimum absolute atomic E-state index is 0.0648. The average molecular weight is 239 g/mol. The lowest BCUT2D eigenvalue weighted by Crippen LogP contribution is -2.41. The van der Waals surface area contributed by atoms with Gasteiger partial charge in [0.25, 0.3) is 5.91 Å². The molecule has 1 aliphatic heterocycles. The van der Waals surface area contributed by atoms with Crippen molar-refractivity contribution < 1.29 is 13.9 Å². The highest BCUT2D eigenvalue weighted by atomic mass is 19.1.